The molecule has 0 atom stereocenters. The number of aliphatic carboxylic acids is 1. The van der Waals surface area contributed by atoms with Crippen LogP contribution in [0.3, 0.4) is 0 Å². The van der Waals surface area contributed by atoms with Crippen molar-refractivity contribution in [2.45, 2.75) is 45.1 Å². The second-order valence-electron chi connectivity index (χ2n) is 6.55. The van der Waals surface area contributed by atoms with Crippen molar-refractivity contribution < 1.29 is 34.1 Å². The molecule has 0 saturated carbocycles. The standard InChI is InChI=1S/C20H30N2O7/c1-28-14-29-13-18(24)22-12-15-8-9-17(23)16(11-15)20(27)21-10-6-4-2-3-5-7-19(25)26/h8-9,11,23H,2-7,10,12-14H2,1H3,(H,21,27)(H,22,24)(H,25,26). The number of carboxylic acid groups (broad SMARTS) is 1. The first-order chi connectivity index (χ1) is 13.9. The molecule has 1 aromatic rings. The number of hydrogen-bond acceptors (Lipinski definition) is 6. The summed E-state index contributed by atoms with van der Waals surface area (Å²) in [5.74, 6) is -1.61. The minimum absolute atomic E-state index is 0.0271. The molecule has 0 spiro atoms. The molecule has 0 bridgehead atoms. The number of benzene rings is 1. The lowest BCUT2D eigenvalue weighted by Gasteiger charge is -2.10. The van der Waals surface area contributed by atoms with Gasteiger partial charge in [0.25, 0.3) is 5.91 Å². The van der Waals surface area contributed by atoms with Crippen molar-refractivity contribution in [3.05, 3.63) is 29.3 Å². The molecule has 0 aliphatic heterocycles. The van der Waals surface area contributed by atoms with E-state index in [-0.39, 0.29) is 49.5 Å². The third-order valence-corrected chi connectivity index (χ3v) is 4.08. The Labute approximate surface area is 170 Å². The number of nitrogens with one attached hydrogen (secondary N) is 2. The van der Waals surface area contributed by atoms with E-state index in [0.717, 1.165) is 25.7 Å². The van der Waals surface area contributed by atoms with Crippen molar-refractivity contribution in [2.75, 3.05) is 27.1 Å². The molecule has 0 radical (unpaired) electrons. The van der Waals surface area contributed by atoms with E-state index in [9.17, 15) is 19.5 Å². The summed E-state index contributed by atoms with van der Waals surface area (Å²) < 4.78 is 9.63. The molecule has 2 amide bonds. The molecular weight excluding hydrogens is 380 g/mol. The summed E-state index contributed by atoms with van der Waals surface area (Å²) in [6, 6.07) is 4.58. The molecule has 29 heavy (non-hydrogen) atoms. The minimum atomic E-state index is -0.779. The van der Waals surface area contributed by atoms with Crippen molar-refractivity contribution in [3.63, 3.8) is 0 Å². The number of carboxylic acids is 1. The van der Waals surface area contributed by atoms with Crippen LogP contribution in [0, 0.1) is 0 Å². The molecule has 0 aromatic heterocycles. The molecule has 0 saturated heterocycles. The van der Waals surface area contributed by atoms with E-state index in [2.05, 4.69) is 15.4 Å². The first kappa shape index (κ1) is 24.4. The van der Waals surface area contributed by atoms with Crippen LogP contribution in [0.2, 0.25) is 0 Å². The zero-order valence-corrected chi connectivity index (χ0v) is 16.7. The molecule has 0 aliphatic rings. The summed E-state index contributed by atoms with van der Waals surface area (Å²) >= 11 is 0. The topological polar surface area (TPSA) is 134 Å². The smallest absolute Gasteiger partial charge is 0.303 e. The van der Waals surface area contributed by atoms with E-state index >= 15 is 0 Å². The van der Waals surface area contributed by atoms with Gasteiger partial charge in [0, 0.05) is 26.6 Å². The Morgan fingerprint density at radius 1 is 1.03 bits per heavy atom. The first-order valence-corrected chi connectivity index (χ1v) is 9.59. The molecule has 162 valence electrons. The van der Waals surface area contributed by atoms with Crippen LogP contribution in [0.5, 0.6) is 5.75 Å². The van der Waals surface area contributed by atoms with E-state index < -0.39 is 5.97 Å². The average molecular weight is 410 g/mol. The fourth-order valence-electron chi connectivity index (χ4n) is 2.57. The van der Waals surface area contributed by atoms with E-state index in [1.165, 1.54) is 19.2 Å². The van der Waals surface area contributed by atoms with E-state index in [0.29, 0.717) is 18.5 Å². The van der Waals surface area contributed by atoms with Gasteiger partial charge < -0.3 is 30.3 Å². The highest BCUT2D eigenvalue weighted by Crippen LogP contribution is 2.18. The van der Waals surface area contributed by atoms with Gasteiger partial charge in [0.15, 0.2) is 0 Å². The fourth-order valence-corrected chi connectivity index (χ4v) is 2.57. The number of hydrogen-bond donors (Lipinski definition) is 4. The number of carbonyl (C=O) groups excluding carboxylic acids is 2. The summed E-state index contributed by atoms with van der Waals surface area (Å²) in [4.78, 5) is 34.3. The van der Waals surface area contributed by atoms with Gasteiger partial charge >= 0.3 is 5.97 Å². The van der Waals surface area contributed by atoms with Gasteiger partial charge in [0.1, 0.15) is 19.1 Å². The van der Waals surface area contributed by atoms with Crippen LogP contribution >= 0.6 is 0 Å². The lowest BCUT2D eigenvalue weighted by molar-refractivity contribution is -0.137. The Hall–Kier alpha value is -2.65. The molecule has 1 rings (SSSR count). The number of methoxy groups -OCH3 is 1. The fraction of sp³-hybridized carbons (Fsp3) is 0.550. The molecule has 9 heteroatoms. The Bertz CT molecular complexity index is 664. The number of aromatic hydroxyl groups is 1. The maximum absolute atomic E-state index is 12.3. The lowest BCUT2D eigenvalue weighted by atomic mass is 10.1. The highest BCUT2D eigenvalue weighted by Gasteiger charge is 2.12. The monoisotopic (exact) mass is 410 g/mol. The third-order valence-electron chi connectivity index (χ3n) is 4.08. The number of ether oxygens (including phenoxy) is 2. The van der Waals surface area contributed by atoms with Gasteiger partial charge in [0.2, 0.25) is 5.91 Å². The number of amides is 2. The number of rotatable bonds is 15. The second kappa shape index (κ2) is 14.4. The Kier molecular flexibility index (Phi) is 12.1. The SMILES string of the molecule is COCOCC(=O)NCc1ccc(O)c(C(=O)NCCCCCCCC(=O)O)c1. The molecular formula is C20H30N2O7. The molecule has 1 aromatic carbocycles. The quantitative estimate of drug-likeness (QED) is 0.256. The molecule has 4 N–H and O–H groups in total. The van der Waals surface area contributed by atoms with Gasteiger partial charge in [-0.2, -0.15) is 0 Å². The highest BCUT2D eigenvalue weighted by atomic mass is 16.7. The maximum atomic E-state index is 12.3. The molecule has 0 heterocycles. The van der Waals surface area contributed by atoms with E-state index in [4.69, 9.17) is 9.84 Å². The summed E-state index contributed by atoms with van der Waals surface area (Å²) in [7, 11) is 1.46. The van der Waals surface area contributed by atoms with Gasteiger partial charge in [0.05, 0.1) is 5.56 Å². The summed E-state index contributed by atoms with van der Waals surface area (Å²) in [5, 5.41) is 23.9. The number of phenols is 1. The van der Waals surface area contributed by atoms with Gasteiger partial charge in [-0.05, 0) is 30.5 Å². The largest absolute Gasteiger partial charge is 0.507 e. The van der Waals surface area contributed by atoms with Crippen molar-refractivity contribution >= 4 is 17.8 Å². The van der Waals surface area contributed by atoms with Crippen LogP contribution in [0.4, 0.5) is 0 Å². The first-order valence-electron chi connectivity index (χ1n) is 9.59. The Morgan fingerprint density at radius 3 is 2.48 bits per heavy atom. The molecule has 0 unspecified atom stereocenters. The summed E-state index contributed by atoms with van der Waals surface area (Å²) in [5.41, 5.74) is 0.820. The number of unbranched alkanes of at least 4 members (excludes halogenated alkanes) is 4. The van der Waals surface area contributed by atoms with Gasteiger partial charge in [-0.1, -0.05) is 25.3 Å². The van der Waals surface area contributed by atoms with Crippen LogP contribution in [0.25, 0.3) is 0 Å². The number of carbonyl (C=O) groups is 3. The van der Waals surface area contributed by atoms with E-state index in [1.807, 2.05) is 0 Å². The normalized spacial score (nSPS) is 10.5. The van der Waals surface area contributed by atoms with Gasteiger partial charge in [-0.15, -0.1) is 0 Å². The van der Waals surface area contributed by atoms with Crippen molar-refractivity contribution in [2.24, 2.45) is 0 Å². The van der Waals surface area contributed by atoms with Gasteiger partial charge in [-0.3, -0.25) is 14.4 Å². The molecule has 0 aliphatic carbocycles. The third kappa shape index (κ3) is 11.1. The van der Waals surface area contributed by atoms with E-state index in [1.54, 1.807) is 6.07 Å². The Balaban J connectivity index is 2.34. The second-order valence-corrected chi connectivity index (χ2v) is 6.55. The summed E-state index contributed by atoms with van der Waals surface area (Å²) in [6.45, 7) is 0.565. The summed E-state index contributed by atoms with van der Waals surface area (Å²) in [6.07, 6.45) is 4.28. The zero-order valence-electron chi connectivity index (χ0n) is 16.7. The predicted octanol–water partition coefficient (Wildman–Crippen LogP) is 1.78. The van der Waals surface area contributed by atoms with Crippen LogP contribution < -0.4 is 10.6 Å². The maximum Gasteiger partial charge on any atom is 0.303 e. The van der Waals surface area contributed by atoms with Gasteiger partial charge in [-0.25, -0.2) is 0 Å². The highest BCUT2D eigenvalue weighted by molar-refractivity contribution is 5.97. The van der Waals surface area contributed by atoms with Crippen LogP contribution in [-0.2, 0) is 25.6 Å². The predicted molar refractivity (Wildman–Crippen MR) is 105 cm³/mol. The van der Waals surface area contributed by atoms with Crippen molar-refractivity contribution in [1.82, 2.24) is 10.6 Å². The van der Waals surface area contributed by atoms with Crippen molar-refractivity contribution in [1.29, 1.82) is 0 Å². The molecule has 9 nitrogen and oxygen atoms in total. The molecule has 0 fully saturated rings. The lowest BCUT2D eigenvalue weighted by Crippen LogP contribution is -2.28. The van der Waals surface area contributed by atoms with Crippen molar-refractivity contribution in [3.8, 4) is 5.75 Å². The van der Waals surface area contributed by atoms with Crippen LogP contribution in [0.1, 0.15) is 54.4 Å². The number of phenolic OH excluding ortho intramolecular Hbond substituents is 1. The average Bonchev–Trinajstić information content (AvgIpc) is 2.69. The Morgan fingerprint density at radius 2 is 1.76 bits per heavy atom. The van der Waals surface area contributed by atoms with Crippen LogP contribution in [0.15, 0.2) is 18.2 Å². The zero-order chi connectivity index (χ0) is 21.5. The van der Waals surface area contributed by atoms with Crippen LogP contribution in [-0.4, -0.2) is 55.1 Å². The minimum Gasteiger partial charge on any atom is -0.507 e.